The molecule has 2 atom stereocenters. The molecule has 190 valence electrons. The summed E-state index contributed by atoms with van der Waals surface area (Å²) in [4.78, 5) is 28.3. The van der Waals surface area contributed by atoms with E-state index < -0.39 is 33.5 Å². The van der Waals surface area contributed by atoms with Crippen LogP contribution in [0.15, 0.2) is 15.8 Å². The summed E-state index contributed by atoms with van der Waals surface area (Å²) in [6.07, 6.45) is 2.25. The van der Waals surface area contributed by atoms with Crippen molar-refractivity contribution in [3.05, 3.63) is 32.6 Å². The molecule has 0 radical (unpaired) electrons. The number of ether oxygens (including phenoxy) is 2. The van der Waals surface area contributed by atoms with Crippen molar-refractivity contribution in [2.24, 2.45) is 5.92 Å². The number of nitrogens with one attached hydrogen (secondary N) is 1. The zero-order chi connectivity index (χ0) is 25.5. The monoisotopic (exact) mass is 500 g/mol. The van der Waals surface area contributed by atoms with Crippen molar-refractivity contribution in [1.82, 2.24) is 9.71 Å². The summed E-state index contributed by atoms with van der Waals surface area (Å²) in [7, 11) is -2.83. The van der Waals surface area contributed by atoms with E-state index in [0.29, 0.717) is 18.8 Å². The molecule has 8 nitrogen and oxygen atoms in total. The van der Waals surface area contributed by atoms with Crippen LogP contribution in [0.4, 0.5) is 0 Å². The lowest BCUT2D eigenvalue weighted by molar-refractivity contribution is -0.0785. The summed E-state index contributed by atoms with van der Waals surface area (Å²) in [6.45, 7) is 22.4. The van der Waals surface area contributed by atoms with Crippen LogP contribution in [0.3, 0.4) is 0 Å². The fraction of sp³-hybridized carbons (Fsp3) is 0.826. The van der Waals surface area contributed by atoms with Crippen molar-refractivity contribution in [3.8, 4) is 0 Å². The molecule has 1 aromatic rings. The summed E-state index contributed by atoms with van der Waals surface area (Å²) in [5.74, 6) is -0.0906. The Kier molecular flexibility index (Phi) is 8.02. The molecule has 0 aliphatic carbocycles. The second-order valence-corrected chi connectivity index (χ2v) is 21.7. The van der Waals surface area contributed by atoms with Gasteiger partial charge >= 0.3 is 5.69 Å². The average molecular weight is 501 g/mol. The molecule has 33 heavy (non-hydrogen) atoms. The SMILES string of the molecule is COCC1CCOC1(CO[Si](C)(C)C(C)(C)C)c1cn(O[Si](C)(C)C(C)(C)C)c(=O)[nH]c1=O. The normalized spacial score (nSPS) is 22.6. The van der Waals surface area contributed by atoms with Gasteiger partial charge in [-0.2, -0.15) is 4.73 Å². The average Bonchev–Trinajstić information content (AvgIpc) is 3.04. The van der Waals surface area contributed by atoms with E-state index in [4.69, 9.17) is 18.4 Å². The number of hydrogen-bond acceptors (Lipinski definition) is 6. The third-order valence-corrected chi connectivity index (χ3v) is 16.6. The van der Waals surface area contributed by atoms with E-state index in [1.54, 1.807) is 7.11 Å². The minimum absolute atomic E-state index is 0.000195. The van der Waals surface area contributed by atoms with Gasteiger partial charge in [-0.3, -0.25) is 9.78 Å². The van der Waals surface area contributed by atoms with Crippen LogP contribution in [0.2, 0.25) is 36.3 Å². The lowest BCUT2D eigenvalue weighted by atomic mass is 9.83. The maximum absolute atomic E-state index is 13.1. The summed E-state index contributed by atoms with van der Waals surface area (Å²) < 4.78 is 25.8. The molecule has 1 aromatic heterocycles. The molecule has 2 heterocycles. The van der Waals surface area contributed by atoms with Gasteiger partial charge in [0.1, 0.15) is 5.60 Å². The molecule has 0 aromatic carbocycles. The molecule has 0 saturated carbocycles. The molecule has 1 N–H and O–H groups in total. The van der Waals surface area contributed by atoms with Gasteiger partial charge in [-0.05, 0) is 42.7 Å². The third-order valence-electron chi connectivity index (χ3n) is 7.81. The molecule has 10 heteroatoms. The minimum Gasteiger partial charge on any atom is -0.466 e. The molecule has 0 spiro atoms. The Morgan fingerprint density at radius 3 is 2.18 bits per heavy atom. The third kappa shape index (κ3) is 5.72. The quantitative estimate of drug-likeness (QED) is 0.545. The Labute approximate surface area is 200 Å². The standard InChI is InChI=1S/C23H44N2O6Si2/c1-21(2,3)32(8,9)30-16-23(17(15-28-7)12-13-29-23)18-14-25(20(27)24-19(18)26)31-33(10,11)22(4,5)6/h14,17H,12-13,15-16H2,1-11H3,(H,24,26,27). The lowest BCUT2D eigenvalue weighted by Gasteiger charge is -2.41. The van der Waals surface area contributed by atoms with E-state index in [2.05, 4.69) is 72.7 Å². The summed E-state index contributed by atoms with van der Waals surface area (Å²) in [5, 5.41) is -0.117. The molecular formula is C23H44N2O6Si2. The fourth-order valence-corrected chi connectivity index (χ4v) is 5.31. The number of aromatic amines is 1. The molecule has 1 aliphatic heterocycles. The molecule has 2 unspecified atom stereocenters. The molecule has 1 fully saturated rings. The highest BCUT2D eigenvalue weighted by Crippen LogP contribution is 2.43. The number of nitrogens with zero attached hydrogens (tertiary/aromatic N) is 1. The van der Waals surface area contributed by atoms with Crippen LogP contribution in [0.5, 0.6) is 0 Å². The van der Waals surface area contributed by atoms with Crippen LogP contribution >= 0.6 is 0 Å². The van der Waals surface area contributed by atoms with Gasteiger partial charge in [0, 0.05) is 19.6 Å². The van der Waals surface area contributed by atoms with Crippen LogP contribution in [0.25, 0.3) is 0 Å². The van der Waals surface area contributed by atoms with Crippen LogP contribution < -0.4 is 15.8 Å². The number of aromatic nitrogens is 2. The Hall–Kier alpha value is -1.21. The molecule has 0 amide bonds. The summed E-state index contributed by atoms with van der Waals surface area (Å²) >= 11 is 0. The van der Waals surface area contributed by atoms with Gasteiger partial charge in [-0.25, -0.2) is 4.79 Å². The second-order valence-electron chi connectivity index (χ2n) is 12.2. The Balaban J connectivity index is 2.60. The lowest BCUT2D eigenvalue weighted by Crippen LogP contribution is -2.54. The molecular weight excluding hydrogens is 456 g/mol. The van der Waals surface area contributed by atoms with Crippen molar-refractivity contribution in [1.29, 1.82) is 0 Å². The van der Waals surface area contributed by atoms with E-state index in [-0.39, 0.29) is 22.6 Å². The highest BCUT2D eigenvalue weighted by molar-refractivity contribution is 6.74. The first kappa shape index (κ1) is 28.0. The smallest absolute Gasteiger partial charge is 0.359 e. The maximum atomic E-state index is 13.1. The van der Waals surface area contributed by atoms with Crippen molar-refractivity contribution >= 4 is 16.6 Å². The fourth-order valence-electron chi connectivity index (χ4n) is 3.40. The van der Waals surface area contributed by atoms with E-state index in [1.807, 2.05) is 0 Å². The summed E-state index contributed by atoms with van der Waals surface area (Å²) in [5.41, 5.74) is -1.74. The van der Waals surface area contributed by atoms with Crippen LogP contribution in [0, 0.1) is 5.92 Å². The highest BCUT2D eigenvalue weighted by atomic mass is 28.4. The Morgan fingerprint density at radius 2 is 1.67 bits per heavy atom. The van der Waals surface area contributed by atoms with E-state index in [1.165, 1.54) is 10.9 Å². The first-order valence-corrected chi connectivity index (χ1v) is 17.5. The first-order chi connectivity index (χ1) is 14.9. The van der Waals surface area contributed by atoms with Gasteiger partial charge in [-0.1, -0.05) is 41.5 Å². The van der Waals surface area contributed by atoms with Crippen molar-refractivity contribution < 1.29 is 18.4 Å². The van der Waals surface area contributed by atoms with Gasteiger partial charge < -0.3 is 18.4 Å². The van der Waals surface area contributed by atoms with Crippen LogP contribution in [0.1, 0.15) is 53.5 Å². The number of hydrogen-bond donors (Lipinski definition) is 1. The van der Waals surface area contributed by atoms with Gasteiger partial charge in [0.2, 0.25) is 0 Å². The summed E-state index contributed by atoms with van der Waals surface area (Å²) in [6, 6.07) is 0. The van der Waals surface area contributed by atoms with Crippen molar-refractivity contribution in [2.75, 3.05) is 26.9 Å². The first-order valence-electron chi connectivity index (χ1n) is 11.7. The molecule has 1 saturated heterocycles. The van der Waals surface area contributed by atoms with Crippen LogP contribution in [-0.2, 0) is 19.5 Å². The van der Waals surface area contributed by atoms with Gasteiger partial charge in [0.15, 0.2) is 8.32 Å². The molecule has 1 aliphatic rings. The Morgan fingerprint density at radius 1 is 1.09 bits per heavy atom. The van der Waals surface area contributed by atoms with E-state index in [9.17, 15) is 9.59 Å². The zero-order valence-corrected chi connectivity index (χ0v) is 24.4. The van der Waals surface area contributed by atoms with Crippen molar-refractivity contribution in [3.63, 3.8) is 0 Å². The Bertz CT molecular complexity index is 942. The van der Waals surface area contributed by atoms with Gasteiger partial charge in [-0.15, -0.1) is 0 Å². The molecule has 2 rings (SSSR count). The largest absolute Gasteiger partial charge is 0.466 e. The second kappa shape index (κ2) is 9.45. The predicted molar refractivity (Wildman–Crippen MR) is 136 cm³/mol. The van der Waals surface area contributed by atoms with Gasteiger partial charge in [0.05, 0.1) is 25.0 Å². The van der Waals surface area contributed by atoms with Crippen molar-refractivity contribution in [2.45, 2.75) is 89.8 Å². The van der Waals surface area contributed by atoms with Gasteiger partial charge in [0.25, 0.3) is 13.9 Å². The number of rotatable bonds is 8. The zero-order valence-electron chi connectivity index (χ0n) is 22.4. The maximum Gasteiger partial charge on any atom is 0.359 e. The number of H-pyrrole nitrogens is 1. The van der Waals surface area contributed by atoms with Crippen LogP contribution in [-0.4, -0.2) is 53.3 Å². The predicted octanol–water partition coefficient (Wildman–Crippen LogP) is 3.87. The topological polar surface area (TPSA) is 91.8 Å². The van der Waals surface area contributed by atoms with E-state index in [0.717, 1.165) is 6.42 Å². The highest BCUT2D eigenvalue weighted by Gasteiger charge is 2.51. The minimum atomic E-state index is -2.34. The van der Waals surface area contributed by atoms with E-state index >= 15 is 0 Å². The number of methoxy groups -OCH3 is 1. The molecule has 0 bridgehead atoms.